The van der Waals surface area contributed by atoms with Gasteiger partial charge in [-0.05, 0) is 38.0 Å². The Balaban J connectivity index is 1.23. The highest BCUT2D eigenvalue weighted by Crippen LogP contribution is 2.29. The van der Waals surface area contributed by atoms with Gasteiger partial charge in [-0.1, -0.05) is 23.4 Å². The molecule has 1 saturated heterocycles. The van der Waals surface area contributed by atoms with Gasteiger partial charge in [0.1, 0.15) is 18.9 Å². The molecule has 0 bridgehead atoms. The number of hydrogen-bond acceptors (Lipinski definition) is 9. The van der Waals surface area contributed by atoms with Crippen LogP contribution in [-0.2, 0) is 18.0 Å². The molecular formula is C27H26FN7O4. The van der Waals surface area contributed by atoms with E-state index >= 15 is 0 Å². The summed E-state index contributed by atoms with van der Waals surface area (Å²) >= 11 is 0. The number of hydrogen-bond donors (Lipinski definition) is 0. The van der Waals surface area contributed by atoms with E-state index in [9.17, 15) is 9.18 Å². The van der Waals surface area contributed by atoms with E-state index in [1.165, 1.54) is 6.20 Å². The molecule has 39 heavy (non-hydrogen) atoms. The first-order chi connectivity index (χ1) is 18.9. The standard InChI is InChI=1S/C27H26FN7O4/c1-27(28)9-11-34(12-10-27)26(36)17-7-8-18(29-14-17)15-38-25-21-6-4-3-5-20(21)23-30-31-24(35(23)32-25)22-13-19(16-37-2)39-33-22/h3-8,13-14H,9-12,15-16H2,1-2H3. The number of carbonyl (C=O) groups excluding carboxylic acids is 1. The van der Waals surface area contributed by atoms with E-state index in [0.29, 0.717) is 66.0 Å². The Labute approximate surface area is 222 Å². The summed E-state index contributed by atoms with van der Waals surface area (Å²) in [5.41, 5.74) is 0.886. The van der Waals surface area contributed by atoms with Crippen molar-refractivity contribution in [2.75, 3.05) is 20.2 Å². The minimum atomic E-state index is -1.22. The SMILES string of the molecule is COCc1cc(-c2nnc3c4ccccc4c(OCc4ccc(C(=O)N5CCC(C)(F)CC5)cn4)nn23)no1. The number of rotatable bonds is 7. The molecule has 0 atom stereocenters. The molecule has 1 aliphatic rings. The van der Waals surface area contributed by atoms with Gasteiger partial charge in [0.25, 0.3) is 5.91 Å². The lowest BCUT2D eigenvalue weighted by atomic mass is 9.95. The maximum Gasteiger partial charge on any atom is 0.255 e. The zero-order chi connectivity index (χ0) is 27.0. The van der Waals surface area contributed by atoms with Crippen molar-refractivity contribution in [1.82, 2.24) is 34.9 Å². The van der Waals surface area contributed by atoms with Gasteiger partial charge in [0.05, 0.1) is 11.3 Å². The minimum Gasteiger partial charge on any atom is -0.470 e. The number of aromatic nitrogens is 6. The summed E-state index contributed by atoms with van der Waals surface area (Å²) < 4.78 is 32.2. The lowest BCUT2D eigenvalue weighted by molar-refractivity contribution is 0.0503. The number of pyridine rings is 1. The summed E-state index contributed by atoms with van der Waals surface area (Å²) in [6, 6.07) is 12.8. The summed E-state index contributed by atoms with van der Waals surface area (Å²) in [7, 11) is 1.57. The molecule has 0 aliphatic carbocycles. The van der Waals surface area contributed by atoms with Crippen LogP contribution >= 0.6 is 0 Å². The van der Waals surface area contributed by atoms with Crippen LogP contribution in [0.3, 0.4) is 0 Å². The molecule has 4 aromatic heterocycles. The number of ether oxygens (including phenoxy) is 2. The normalized spacial score (nSPS) is 15.2. The maximum atomic E-state index is 14.1. The van der Waals surface area contributed by atoms with Crippen molar-refractivity contribution in [2.45, 2.75) is 38.6 Å². The molecular weight excluding hydrogens is 505 g/mol. The summed E-state index contributed by atoms with van der Waals surface area (Å²) in [5.74, 6) is 1.17. The van der Waals surface area contributed by atoms with Gasteiger partial charge < -0.3 is 18.9 Å². The second kappa shape index (κ2) is 10.0. The molecule has 0 radical (unpaired) electrons. The number of halogens is 1. The first-order valence-electron chi connectivity index (χ1n) is 12.6. The topological polar surface area (TPSA) is 121 Å². The molecule has 12 heteroatoms. The van der Waals surface area contributed by atoms with Crippen molar-refractivity contribution < 1.29 is 23.2 Å². The number of amides is 1. The summed E-state index contributed by atoms with van der Waals surface area (Å²) in [4.78, 5) is 18.9. The second-order valence-corrected chi connectivity index (χ2v) is 9.75. The van der Waals surface area contributed by atoms with Crippen LogP contribution in [0.25, 0.3) is 27.9 Å². The highest BCUT2D eigenvalue weighted by Gasteiger charge is 2.31. The number of nitrogens with zero attached hydrogens (tertiary/aromatic N) is 7. The number of piperidine rings is 1. The molecule has 5 aromatic rings. The van der Waals surface area contributed by atoms with Gasteiger partial charge in [0, 0.05) is 43.2 Å². The smallest absolute Gasteiger partial charge is 0.255 e. The van der Waals surface area contributed by atoms with Crippen molar-refractivity contribution in [3.8, 4) is 17.4 Å². The van der Waals surface area contributed by atoms with Crippen molar-refractivity contribution in [3.05, 3.63) is 65.7 Å². The van der Waals surface area contributed by atoms with Gasteiger partial charge in [-0.2, -0.15) is 4.52 Å². The summed E-state index contributed by atoms with van der Waals surface area (Å²) in [6.45, 7) is 2.77. The monoisotopic (exact) mass is 531 g/mol. The average molecular weight is 532 g/mol. The lowest BCUT2D eigenvalue weighted by Crippen LogP contribution is -2.43. The Hall–Kier alpha value is -4.45. The van der Waals surface area contributed by atoms with Gasteiger partial charge in [0.15, 0.2) is 17.1 Å². The van der Waals surface area contributed by atoms with Crippen LogP contribution in [0.1, 0.15) is 41.6 Å². The van der Waals surface area contributed by atoms with Gasteiger partial charge in [-0.3, -0.25) is 9.78 Å². The average Bonchev–Trinajstić information content (AvgIpc) is 3.59. The Morgan fingerprint density at radius 3 is 2.64 bits per heavy atom. The Bertz CT molecular complexity index is 1640. The lowest BCUT2D eigenvalue weighted by Gasteiger charge is -2.34. The maximum absolute atomic E-state index is 14.1. The number of fused-ring (bicyclic) bond motifs is 3. The van der Waals surface area contributed by atoms with Crippen LogP contribution < -0.4 is 4.74 Å². The zero-order valence-electron chi connectivity index (χ0n) is 21.5. The first kappa shape index (κ1) is 24.9. The fourth-order valence-electron chi connectivity index (χ4n) is 4.58. The van der Waals surface area contributed by atoms with Crippen molar-refractivity contribution in [2.24, 2.45) is 0 Å². The molecule has 1 aliphatic heterocycles. The van der Waals surface area contributed by atoms with Crippen molar-refractivity contribution in [3.63, 3.8) is 0 Å². The van der Waals surface area contributed by atoms with Crippen molar-refractivity contribution in [1.29, 1.82) is 0 Å². The third-order valence-electron chi connectivity index (χ3n) is 6.83. The molecule has 1 fully saturated rings. The van der Waals surface area contributed by atoms with E-state index in [1.54, 1.807) is 41.6 Å². The van der Waals surface area contributed by atoms with Crippen LogP contribution in [0, 0.1) is 0 Å². The molecule has 0 saturated carbocycles. The fraction of sp³-hybridized carbons (Fsp3) is 0.333. The Morgan fingerprint density at radius 2 is 1.90 bits per heavy atom. The third-order valence-corrected chi connectivity index (χ3v) is 6.83. The van der Waals surface area contributed by atoms with Crippen LogP contribution in [-0.4, -0.2) is 66.6 Å². The fourth-order valence-corrected chi connectivity index (χ4v) is 4.58. The molecule has 200 valence electrons. The molecule has 1 aromatic carbocycles. The van der Waals surface area contributed by atoms with Gasteiger partial charge >= 0.3 is 0 Å². The number of methoxy groups -OCH3 is 1. The molecule has 0 spiro atoms. The van der Waals surface area contributed by atoms with Crippen LogP contribution in [0.2, 0.25) is 0 Å². The van der Waals surface area contributed by atoms with E-state index in [2.05, 4.69) is 25.4 Å². The highest BCUT2D eigenvalue weighted by molar-refractivity contribution is 5.97. The molecule has 1 amide bonds. The van der Waals surface area contributed by atoms with Crippen molar-refractivity contribution >= 4 is 22.3 Å². The van der Waals surface area contributed by atoms with E-state index < -0.39 is 5.67 Å². The number of benzene rings is 1. The first-order valence-corrected chi connectivity index (χ1v) is 12.6. The molecule has 5 heterocycles. The Morgan fingerprint density at radius 1 is 1.10 bits per heavy atom. The largest absolute Gasteiger partial charge is 0.470 e. The molecule has 6 rings (SSSR count). The number of carbonyl (C=O) groups is 1. The van der Waals surface area contributed by atoms with Crippen LogP contribution in [0.15, 0.2) is 53.2 Å². The second-order valence-electron chi connectivity index (χ2n) is 9.75. The van der Waals surface area contributed by atoms with Gasteiger partial charge in [-0.15, -0.1) is 15.3 Å². The van der Waals surface area contributed by atoms with Gasteiger partial charge in [0.2, 0.25) is 11.7 Å². The zero-order valence-corrected chi connectivity index (χ0v) is 21.5. The number of alkyl halides is 1. The predicted octanol–water partition coefficient (Wildman–Crippen LogP) is 4.02. The van der Waals surface area contributed by atoms with E-state index in [-0.39, 0.29) is 19.1 Å². The van der Waals surface area contributed by atoms with Crippen LogP contribution in [0.4, 0.5) is 4.39 Å². The number of likely N-dealkylation sites (tertiary alicyclic amines) is 1. The molecule has 11 nitrogen and oxygen atoms in total. The summed E-state index contributed by atoms with van der Waals surface area (Å²) in [6.07, 6.45) is 2.20. The summed E-state index contributed by atoms with van der Waals surface area (Å²) in [5, 5.41) is 18.9. The highest BCUT2D eigenvalue weighted by atomic mass is 19.1. The van der Waals surface area contributed by atoms with Gasteiger partial charge in [-0.25, -0.2) is 4.39 Å². The minimum absolute atomic E-state index is 0.125. The molecule has 0 N–H and O–H groups in total. The Kier molecular flexibility index (Phi) is 6.39. The quantitative estimate of drug-likeness (QED) is 0.307. The van der Waals surface area contributed by atoms with Crippen LogP contribution in [0.5, 0.6) is 5.88 Å². The molecule has 0 unspecified atom stereocenters. The predicted molar refractivity (Wildman–Crippen MR) is 138 cm³/mol. The van der Waals surface area contributed by atoms with E-state index in [1.807, 2.05) is 24.3 Å². The third kappa shape index (κ3) is 4.90. The van der Waals surface area contributed by atoms with E-state index in [0.717, 1.165) is 10.8 Å². The van der Waals surface area contributed by atoms with E-state index in [4.69, 9.17) is 14.0 Å².